The number of nitrogens with two attached hydrogens (primary N) is 1. The quantitative estimate of drug-likeness (QED) is 0.832. The molecular weight excluding hydrogens is 315 g/mol. The average Bonchev–Trinajstić information content (AvgIpc) is 2.70. The van der Waals surface area contributed by atoms with Gasteiger partial charge in [0.1, 0.15) is 0 Å². The maximum atomic E-state index is 13.1. The first-order valence-electron chi connectivity index (χ1n) is 4.63. The Bertz CT molecular complexity index is 532. The van der Waals surface area contributed by atoms with Crippen molar-refractivity contribution in [2.75, 3.05) is 0 Å². The SMILES string of the molecule is NC(c1cc(F)c(F)c(F)c1)c1sccc1Br. The van der Waals surface area contributed by atoms with Gasteiger partial charge in [0.05, 0.1) is 6.04 Å². The van der Waals surface area contributed by atoms with Crippen molar-refractivity contribution in [1.82, 2.24) is 0 Å². The highest BCUT2D eigenvalue weighted by atomic mass is 79.9. The van der Waals surface area contributed by atoms with E-state index in [-0.39, 0.29) is 5.56 Å². The van der Waals surface area contributed by atoms with Crippen LogP contribution in [0.25, 0.3) is 0 Å². The summed E-state index contributed by atoms with van der Waals surface area (Å²) in [6, 6.07) is 2.93. The Labute approximate surface area is 108 Å². The van der Waals surface area contributed by atoms with E-state index in [0.29, 0.717) is 0 Å². The molecule has 17 heavy (non-hydrogen) atoms. The van der Waals surface area contributed by atoms with Crippen LogP contribution >= 0.6 is 27.3 Å². The molecule has 0 aliphatic carbocycles. The van der Waals surface area contributed by atoms with E-state index in [1.807, 2.05) is 0 Å². The van der Waals surface area contributed by atoms with E-state index >= 15 is 0 Å². The summed E-state index contributed by atoms with van der Waals surface area (Å²) in [5.74, 6) is -3.95. The molecule has 2 N–H and O–H groups in total. The van der Waals surface area contributed by atoms with E-state index < -0.39 is 23.5 Å². The molecule has 6 heteroatoms. The molecule has 0 fully saturated rings. The molecule has 0 radical (unpaired) electrons. The fraction of sp³-hybridized carbons (Fsp3) is 0.0909. The van der Waals surface area contributed by atoms with Gasteiger partial charge in [-0.25, -0.2) is 13.2 Å². The third-order valence-electron chi connectivity index (χ3n) is 2.29. The summed E-state index contributed by atoms with van der Waals surface area (Å²) in [4.78, 5) is 0.732. The Hall–Kier alpha value is -0.850. The number of thiophene rings is 1. The van der Waals surface area contributed by atoms with Crippen LogP contribution in [0.2, 0.25) is 0 Å². The van der Waals surface area contributed by atoms with Crippen molar-refractivity contribution in [2.24, 2.45) is 5.73 Å². The van der Waals surface area contributed by atoms with Crippen LogP contribution in [-0.2, 0) is 0 Å². The zero-order chi connectivity index (χ0) is 12.6. The Morgan fingerprint density at radius 1 is 1.18 bits per heavy atom. The van der Waals surface area contributed by atoms with Crippen molar-refractivity contribution < 1.29 is 13.2 Å². The van der Waals surface area contributed by atoms with Crippen molar-refractivity contribution in [3.63, 3.8) is 0 Å². The first-order chi connectivity index (χ1) is 8.00. The van der Waals surface area contributed by atoms with E-state index in [0.717, 1.165) is 21.5 Å². The number of rotatable bonds is 2. The lowest BCUT2D eigenvalue weighted by molar-refractivity contribution is 0.444. The van der Waals surface area contributed by atoms with E-state index in [1.54, 1.807) is 11.4 Å². The second-order valence-corrected chi connectivity index (χ2v) is 5.21. The summed E-state index contributed by atoms with van der Waals surface area (Å²) < 4.78 is 39.7. The summed E-state index contributed by atoms with van der Waals surface area (Å²) in [6.45, 7) is 0. The molecule has 2 aromatic rings. The molecule has 0 saturated carbocycles. The molecule has 0 aliphatic heterocycles. The van der Waals surface area contributed by atoms with Gasteiger partial charge < -0.3 is 5.73 Å². The lowest BCUT2D eigenvalue weighted by Gasteiger charge is -2.11. The zero-order valence-electron chi connectivity index (χ0n) is 8.38. The molecule has 0 bridgehead atoms. The summed E-state index contributed by atoms with van der Waals surface area (Å²) in [6.07, 6.45) is 0. The molecular formula is C11H7BrF3NS. The Balaban J connectivity index is 2.45. The second-order valence-electron chi connectivity index (χ2n) is 3.41. The van der Waals surface area contributed by atoms with Crippen molar-refractivity contribution in [3.05, 3.63) is 55.9 Å². The van der Waals surface area contributed by atoms with Gasteiger partial charge in [0.25, 0.3) is 0 Å². The summed E-state index contributed by atoms with van der Waals surface area (Å²) in [7, 11) is 0. The Morgan fingerprint density at radius 2 is 1.76 bits per heavy atom. The van der Waals surface area contributed by atoms with Gasteiger partial charge in [-0.05, 0) is 45.1 Å². The molecule has 1 nitrogen and oxygen atoms in total. The monoisotopic (exact) mass is 321 g/mol. The predicted molar refractivity (Wildman–Crippen MR) is 64.4 cm³/mol. The lowest BCUT2D eigenvalue weighted by atomic mass is 10.1. The Kier molecular flexibility index (Phi) is 3.56. The maximum Gasteiger partial charge on any atom is 0.194 e. The summed E-state index contributed by atoms with van der Waals surface area (Å²) >= 11 is 4.64. The highest BCUT2D eigenvalue weighted by Crippen LogP contribution is 2.32. The lowest BCUT2D eigenvalue weighted by Crippen LogP contribution is -2.12. The molecule has 0 spiro atoms. The van der Waals surface area contributed by atoms with Gasteiger partial charge in [0.15, 0.2) is 17.5 Å². The normalized spacial score (nSPS) is 12.8. The first kappa shape index (κ1) is 12.6. The molecule has 1 heterocycles. The standard InChI is InChI=1S/C11H7BrF3NS/c12-6-1-2-17-11(6)10(16)5-3-7(13)9(15)8(14)4-5/h1-4,10H,16H2. The van der Waals surface area contributed by atoms with Crippen LogP contribution in [0.3, 0.4) is 0 Å². The fourth-order valence-electron chi connectivity index (χ4n) is 1.43. The molecule has 1 atom stereocenters. The molecule has 90 valence electrons. The van der Waals surface area contributed by atoms with E-state index in [2.05, 4.69) is 15.9 Å². The van der Waals surface area contributed by atoms with Gasteiger partial charge in [0.2, 0.25) is 0 Å². The number of hydrogen-bond donors (Lipinski definition) is 1. The minimum atomic E-state index is -1.48. The van der Waals surface area contributed by atoms with Gasteiger partial charge in [-0.1, -0.05) is 0 Å². The van der Waals surface area contributed by atoms with E-state index in [1.165, 1.54) is 11.3 Å². The average molecular weight is 322 g/mol. The zero-order valence-corrected chi connectivity index (χ0v) is 10.8. The van der Waals surface area contributed by atoms with Crippen LogP contribution in [-0.4, -0.2) is 0 Å². The summed E-state index contributed by atoms with van der Waals surface area (Å²) in [5, 5.41) is 1.80. The van der Waals surface area contributed by atoms with Gasteiger partial charge in [0, 0.05) is 9.35 Å². The molecule has 0 saturated heterocycles. The molecule has 0 amide bonds. The molecule has 1 aromatic carbocycles. The fourth-order valence-corrected chi connectivity index (χ4v) is 3.08. The maximum absolute atomic E-state index is 13.1. The minimum Gasteiger partial charge on any atom is -0.320 e. The second kappa shape index (κ2) is 4.80. The van der Waals surface area contributed by atoms with Gasteiger partial charge in [-0.15, -0.1) is 11.3 Å². The third-order valence-corrected chi connectivity index (χ3v) is 4.25. The molecule has 2 rings (SSSR count). The molecule has 1 unspecified atom stereocenters. The van der Waals surface area contributed by atoms with Crippen molar-refractivity contribution in [3.8, 4) is 0 Å². The van der Waals surface area contributed by atoms with Gasteiger partial charge in [-0.3, -0.25) is 0 Å². The van der Waals surface area contributed by atoms with Crippen LogP contribution in [0.15, 0.2) is 28.1 Å². The topological polar surface area (TPSA) is 26.0 Å². The van der Waals surface area contributed by atoms with Gasteiger partial charge >= 0.3 is 0 Å². The summed E-state index contributed by atoms with van der Waals surface area (Å²) in [5.41, 5.74) is 6.07. The van der Waals surface area contributed by atoms with E-state index in [9.17, 15) is 13.2 Å². The largest absolute Gasteiger partial charge is 0.320 e. The van der Waals surface area contributed by atoms with Crippen molar-refractivity contribution >= 4 is 27.3 Å². The van der Waals surface area contributed by atoms with Crippen LogP contribution < -0.4 is 5.73 Å². The van der Waals surface area contributed by atoms with Crippen LogP contribution in [0.1, 0.15) is 16.5 Å². The Morgan fingerprint density at radius 3 is 2.24 bits per heavy atom. The highest BCUT2D eigenvalue weighted by Gasteiger charge is 2.18. The smallest absolute Gasteiger partial charge is 0.194 e. The third kappa shape index (κ3) is 2.38. The highest BCUT2D eigenvalue weighted by molar-refractivity contribution is 9.10. The number of hydrogen-bond acceptors (Lipinski definition) is 2. The van der Waals surface area contributed by atoms with Crippen molar-refractivity contribution in [2.45, 2.75) is 6.04 Å². The molecule has 1 aromatic heterocycles. The minimum absolute atomic E-state index is 0.199. The first-order valence-corrected chi connectivity index (χ1v) is 6.31. The predicted octanol–water partition coefficient (Wildman–Crippen LogP) is 3.98. The van der Waals surface area contributed by atoms with Crippen molar-refractivity contribution in [1.29, 1.82) is 0 Å². The van der Waals surface area contributed by atoms with Crippen LogP contribution in [0.5, 0.6) is 0 Å². The van der Waals surface area contributed by atoms with E-state index in [4.69, 9.17) is 5.73 Å². The van der Waals surface area contributed by atoms with Crippen LogP contribution in [0.4, 0.5) is 13.2 Å². The number of benzene rings is 1. The van der Waals surface area contributed by atoms with Crippen LogP contribution in [0, 0.1) is 17.5 Å². The van der Waals surface area contributed by atoms with Gasteiger partial charge in [-0.2, -0.15) is 0 Å². The molecule has 0 aliphatic rings. The number of halogens is 4.